The summed E-state index contributed by atoms with van der Waals surface area (Å²) in [5.74, 6) is -0.577. The molecule has 1 aromatic rings. The van der Waals surface area contributed by atoms with E-state index in [1.54, 1.807) is 13.0 Å². The van der Waals surface area contributed by atoms with E-state index < -0.39 is 12.1 Å². The summed E-state index contributed by atoms with van der Waals surface area (Å²) >= 11 is 4.71. The molecule has 0 unspecified atom stereocenters. The molecule has 1 rings (SSSR count). The SMILES string of the molecule is C=CCNC(=O)[C@@H](C)OC(=O)CSc1ccc(Br)cc1. The maximum absolute atomic E-state index is 11.6. The van der Waals surface area contributed by atoms with E-state index in [4.69, 9.17) is 4.74 Å². The minimum Gasteiger partial charge on any atom is -0.452 e. The van der Waals surface area contributed by atoms with Gasteiger partial charge in [0.1, 0.15) is 0 Å². The molecule has 0 aliphatic heterocycles. The molecule has 1 aromatic carbocycles. The van der Waals surface area contributed by atoms with E-state index in [9.17, 15) is 9.59 Å². The van der Waals surface area contributed by atoms with Gasteiger partial charge in [0, 0.05) is 15.9 Å². The van der Waals surface area contributed by atoms with Crippen molar-refractivity contribution < 1.29 is 14.3 Å². The normalized spacial score (nSPS) is 11.5. The molecule has 0 bridgehead atoms. The Morgan fingerprint density at radius 1 is 1.45 bits per heavy atom. The second-order valence-electron chi connectivity index (χ2n) is 3.91. The van der Waals surface area contributed by atoms with Crippen LogP contribution in [0.4, 0.5) is 0 Å². The number of carbonyl (C=O) groups excluding carboxylic acids is 2. The molecule has 0 saturated carbocycles. The first kappa shape index (κ1) is 16.8. The van der Waals surface area contributed by atoms with E-state index in [0.29, 0.717) is 6.54 Å². The van der Waals surface area contributed by atoms with Crippen molar-refractivity contribution in [3.05, 3.63) is 41.4 Å². The predicted octanol–water partition coefficient (Wildman–Crippen LogP) is 2.78. The van der Waals surface area contributed by atoms with E-state index in [0.717, 1.165) is 9.37 Å². The number of amides is 1. The van der Waals surface area contributed by atoms with Crippen LogP contribution in [0.25, 0.3) is 0 Å². The number of benzene rings is 1. The number of hydrogen-bond donors (Lipinski definition) is 1. The molecule has 1 atom stereocenters. The van der Waals surface area contributed by atoms with Crippen molar-refractivity contribution in [3.63, 3.8) is 0 Å². The van der Waals surface area contributed by atoms with Crippen LogP contribution in [0, 0.1) is 0 Å². The van der Waals surface area contributed by atoms with Crippen molar-refractivity contribution in [1.29, 1.82) is 0 Å². The Morgan fingerprint density at radius 2 is 2.10 bits per heavy atom. The Labute approximate surface area is 131 Å². The van der Waals surface area contributed by atoms with Crippen LogP contribution in [-0.2, 0) is 14.3 Å². The highest BCUT2D eigenvalue weighted by atomic mass is 79.9. The fourth-order valence-electron chi connectivity index (χ4n) is 1.27. The lowest BCUT2D eigenvalue weighted by atomic mass is 10.3. The van der Waals surface area contributed by atoms with Crippen LogP contribution in [0.1, 0.15) is 6.92 Å². The lowest BCUT2D eigenvalue weighted by Gasteiger charge is -2.12. The number of rotatable bonds is 7. The summed E-state index contributed by atoms with van der Waals surface area (Å²) in [6.45, 7) is 5.39. The van der Waals surface area contributed by atoms with Crippen molar-refractivity contribution >= 4 is 39.6 Å². The average molecular weight is 358 g/mol. The number of halogens is 1. The van der Waals surface area contributed by atoms with Gasteiger partial charge in [-0.25, -0.2) is 0 Å². The smallest absolute Gasteiger partial charge is 0.317 e. The molecule has 1 N–H and O–H groups in total. The molecule has 108 valence electrons. The third-order valence-corrected chi connectivity index (χ3v) is 3.78. The van der Waals surface area contributed by atoms with Crippen LogP contribution in [-0.4, -0.2) is 30.3 Å². The Morgan fingerprint density at radius 3 is 2.70 bits per heavy atom. The lowest BCUT2D eigenvalue weighted by molar-refractivity contribution is -0.152. The highest BCUT2D eigenvalue weighted by molar-refractivity contribution is 9.10. The largest absolute Gasteiger partial charge is 0.452 e. The van der Waals surface area contributed by atoms with Crippen molar-refractivity contribution in [2.45, 2.75) is 17.9 Å². The number of nitrogens with one attached hydrogen (secondary N) is 1. The number of hydrogen-bond acceptors (Lipinski definition) is 4. The summed E-state index contributed by atoms with van der Waals surface area (Å²) < 4.78 is 6.02. The van der Waals surface area contributed by atoms with Gasteiger partial charge in [-0.1, -0.05) is 22.0 Å². The summed E-state index contributed by atoms with van der Waals surface area (Å²) in [6.07, 6.45) is 0.767. The summed E-state index contributed by atoms with van der Waals surface area (Å²) in [5.41, 5.74) is 0. The average Bonchev–Trinajstić information content (AvgIpc) is 2.44. The van der Waals surface area contributed by atoms with Gasteiger partial charge >= 0.3 is 5.97 Å². The highest BCUT2D eigenvalue weighted by Gasteiger charge is 2.16. The predicted molar refractivity (Wildman–Crippen MR) is 83.6 cm³/mol. The van der Waals surface area contributed by atoms with Gasteiger partial charge in [0.15, 0.2) is 6.10 Å². The third kappa shape index (κ3) is 6.25. The zero-order chi connectivity index (χ0) is 15.0. The van der Waals surface area contributed by atoms with Gasteiger partial charge in [-0.3, -0.25) is 9.59 Å². The molecule has 0 aromatic heterocycles. The molecule has 0 fully saturated rings. The molecular weight excluding hydrogens is 342 g/mol. The van der Waals surface area contributed by atoms with Crippen molar-refractivity contribution in [2.75, 3.05) is 12.3 Å². The van der Waals surface area contributed by atoms with Crippen LogP contribution in [0.15, 0.2) is 46.3 Å². The fraction of sp³-hybridized carbons (Fsp3) is 0.286. The number of ether oxygens (including phenoxy) is 1. The van der Waals surface area contributed by atoms with Crippen LogP contribution in [0.3, 0.4) is 0 Å². The van der Waals surface area contributed by atoms with Gasteiger partial charge in [-0.2, -0.15) is 0 Å². The van der Waals surface area contributed by atoms with Crippen LogP contribution in [0.2, 0.25) is 0 Å². The topological polar surface area (TPSA) is 55.4 Å². The van der Waals surface area contributed by atoms with Gasteiger partial charge < -0.3 is 10.1 Å². The highest BCUT2D eigenvalue weighted by Crippen LogP contribution is 2.20. The van der Waals surface area contributed by atoms with Crippen molar-refractivity contribution in [3.8, 4) is 0 Å². The fourth-order valence-corrected chi connectivity index (χ4v) is 2.22. The maximum Gasteiger partial charge on any atom is 0.317 e. The van der Waals surface area contributed by atoms with Crippen molar-refractivity contribution in [1.82, 2.24) is 5.32 Å². The minimum atomic E-state index is -0.798. The zero-order valence-electron chi connectivity index (χ0n) is 11.1. The molecular formula is C14H16BrNO3S. The summed E-state index contributed by atoms with van der Waals surface area (Å²) in [6, 6.07) is 7.61. The number of carbonyl (C=O) groups is 2. The summed E-state index contributed by atoms with van der Waals surface area (Å²) in [5, 5.41) is 2.57. The van der Waals surface area contributed by atoms with Crippen LogP contribution in [0.5, 0.6) is 0 Å². The lowest BCUT2D eigenvalue weighted by Crippen LogP contribution is -2.36. The first-order chi connectivity index (χ1) is 9.52. The molecule has 0 spiro atoms. The molecule has 0 aliphatic carbocycles. The first-order valence-corrected chi connectivity index (χ1v) is 7.77. The maximum atomic E-state index is 11.6. The third-order valence-electron chi connectivity index (χ3n) is 2.27. The van der Waals surface area contributed by atoms with Crippen LogP contribution < -0.4 is 5.32 Å². The Hall–Kier alpha value is -1.27. The second kappa shape index (κ2) is 8.81. The summed E-state index contributed by atoms with van der Waals surface area (Å²) in [7, 11) is 0. The molecule has 4 nitrogen and oxygen atoms in total. The van der Waals surface area contributed by atoms with E-state index >= 15 is 0 Å². The molecule has 6 heteroatoms. The van der Waals surface area contributed by atoms with Crippen LogP contribution >= 0.6 is 27.7 Å². The van der Waals surface area contributed by atoms with E-state index in [1.807, 2.05) is 24.3 Å². The molecule has 1 amide bonds. The summed E-state index contributed by atoms with van der Waals surface area (Å²) in [4.78, 5) is 24.1. The quantitative estimate of drug-likeness (QED) is 0.463. The van der Waals surface area contributed by atoms with Gasteiger partial charge in [-0.05, 0) is 31.2 Å². The Bertz CT molecular complexity index is 476. The van der Waals surface area contributed by atoms with Crippen molar-refractivity contribution in [2.24, 2.45) is 0 Å². The Kier molecular flexibility index (Phi) is 7.40. The molecule has 0 aliphatic rings. The van der Waals surface area contributed by atoms with E-state index in [-0.39, 0.29) is 11.7 Å². The van der Waals surface area contributed by atoms with Gasteiger partial charge in [0.05, 0.1) is 5.75 Å². The number of esters is 1. The minimum absolute atomic E-state index is 0.167. The second-order valence-corrected chi connectivity index (χ2v) is 5.87. The first-order valence-electron chi connectivity index (χ1n) is 5.99. The standard InChI is InChI=1S/C14H16BrNO3S/c1-3-8-16-14(18)10(2)19-13(17)9-20-12-6-4-11(15)5-7-12/h3-7,10H,1,8-9H2,2H3,(H,16,18)/t10-/m1/s1. The Balaban J connectivity index is 2.34. The molecule has 0 heterocycles. The molecule has 20 heavy (non-hydrogen) atoms. The zero-order valence-corrected chi connectivity index (χ0v) is 13.5. The monoisotopic (exact) mass is 357 g/mol. The van der Waals surface area contributed by atoms with E-state index in [2.05, 4.69) is 27.8 Å². The van der Waals surface area contributed by atoms with Gasteiger partial charge in [0.25, 0.3) is 5.91 Å². The van der Waals surface area contributed by atoms with E-state index in [1.165, 1.54) is 11.8 Å². The number of thioether (sulfide) groups is 1. The molecule has 0 saturated heterocycles. The molecule has 0 radical (unpaired) electrons. The van der Waals surface area contributed by atoms with Gasteiger partial charge in [-0.15, -0.1) is 18.3 Å². The van der Waals surface area contributed by atoms with Gasteiger partial charge in [0.2, 0.25) is 0 Å².